The van der Waals surface area contributed by atoms with Gasteiger partial charge in [-0.15, -0.1) is 0 Å². The van der Waals surface area contributed by atoms with Crippen LogP contribution in [0.5, 0.6) is 0 Å². The summed E-state index contributed by atoms with van der Waals surface area (Å²) in [6, 6.07) is 17.0. The third kappa shape index (κ3) is 4.91. The molecule has 2 aliphatic rings. The Morgan fingerprint density at radius 2 is 1.87 bits per heavy atom. The maximum Gasteiger partial charge on any atom is 0.271 e. The summed E-state index contributed by atoms with van der Waals surface area (Å²) in [5.41, 5.74) is 3.12. The van der Waals surface area contributed by atoms with E-state index in [1.807, 2.05) is 60.3 Å². The van der Waals surface area contributed by atoms with Gasteiger partial charge in [-0.3, -0.25) is 19.5 Å². The Kier molecular flexibility index (Phi) is 6.50. The first-order chi connectivity index (χ1) is 14.6. The Hall–Kier alpha value is -2.64. The van der Waals surface area contributed by atoms with Crippen LogP contribution in [-0.2, 0) is 16.1 Å². The Morgan fingerprint density at radius 3 is 2.60 bits per heavy atom. The first kappa shape index (κ1) is 20.6. The highest BCUT2D eigenvalue weighted by Crippen LogP contribution is 2.25. The Balaban J connectivity index is 1.45. The SMILES string of the molecule is CC(=O)C1CC(C(=O)Nc2cccc(CN3CCSCC3)c2)=NN1c1ccccc1. The number of ketones is 1. The number of nitrogens with one attached hydrogen (secondary N) is 1. The van der Waals surface area contributed by atoms with Crippen molar-refractivity contribution in [3.8, 4) is 0 Å². The zero-order valence-corrected chi connectivity index (χ0v) is 17.9. The molecule has 1 saturated heterocycles. The summed E-state index contributed by atoms with van der Waals surface area (Å²) in [5.74, 6) is 2.08. The highest BCUT2D eigenvalue weighted by Gasteiger charge is 2.34. The molecular formula is C23H26N4O2S. The summed E-state index contributed by atoms with van der Waals surface area (Å²) in [6.07, 6.45) is 0.307. The maximum atomic E-state index is 12.9. The fourth-order valence-corrected chi connectivity index (χ4v) is 4.73. The number of Topliss-reactive ketones (excluding diaryl/α,β-unsaturated/α-hetero) is 1. The molecule has 0 aliphatic carbocycles. The summed E-state index contributed by atoms with van der Waals surface area (Å²) in [7, 11) is 0. The van der Waals surface area contributed by atoms with E-state index in [9.17, 15) is 9.59 Å². The molecule has 2 aromatic carbocycles. The van der Waals surface area contributed by atoms with Crippen LogP contribution in [0.4, 0.5) is 11.4 Å². The fourth-order valence-electron chi connectivity index (χ4n) is 3.75. The lowest BCUT2D eigenvalue weighted by molar-refractivity contribution is -0.118. The van der Waals surface area contributed by atoms with Crippen LogP contribution < -0.4 is 10.3 Å². The predicted molar refractivity (Wildman–Crippen MR) is 123 cm³/mol. The molecule has 1 unspecified atom stereocenters. The predicted octanol–water partition coefficient (Wildman–Crippen LogP) is 3.40. The van der Waals surface area contributed by atoms with Crippen LogP contribution >= 0.6 is 11.8 Å². The first-order valence-corrected chi connectivity index (χ1v) is 11.4. The van der Waals surface area contributed by atoms with E-state index in [1.54, 1.807) is 11.9 Å². The summed E-state index contributed by atoms with van der Waals surface area (Å²) in [6.45, 7) is 4.62. The van der Waals surface area contributed by atoms with Gasteiger partial charge in [0.25, 0.3) is 5.91 Å². The number of anilines is 2. The largest absolute Gasteiger partial charge is 0.321 e. The van der Waals surface area contributed by atoms with Crippen LogP contribution in [-0.4, -0.2) is 52.9 Å². The van der Waals surface area contributed by atoms with Gasteiger partial charge in [-0.25, -0.2) is 0 Å². The second-order valence-corrected chi connectivity index (χ2v) is 8.83. The molecule has 156 valence electrons. The van der Waals surface area contributed by atoms with E-state index in [0.29, 0.717) is 12.1 Å². The summed E-state index contributed by atoms with van der Waals surface area (Å²) in [4.78, 5) is 27.4. The van der Waals surface area contributed by atoms with Gasteiger partial charge in [-0.2, -0.15) is 16.9 Å². The van der Waals surface area contributed by atoms with Crippen LogP contribution in [0.25, 0.3) is 0 Å². The number of carbonyl (C=O) groups is 2. The van der Waals surface area contributed by atoms with Crippen LogP contribution in [0.1, 0.15) is 18.9 Å². The smallest absolute Gasteiger partial charge is 0.271 e. The number of carbonyl (C=O) groups excluding carboxylic acids is 2. The number of nitrogens with zero attached hydrogens (tertiary/aromatic N) is 3. The number of hydrogen-bond donors (Lipinski definition) is 1. The Labute approximate surface area is 181 Å². The normalized spacial score (nSPS) is 19.4. The van der Waals surface area contributed by atoms with Crippen LogP contribution in [0.3, 0.4) is 0 Å². The van der Waals surface area contributed by atoms with Crippen molar-refractivity contribution in [2.45, 2.75) is 25.9 Å². The van der Waals surface area contributed by atoms with Gasteiger partial charge in [-0.05, 0) is 36.8 Å². The Morgan fingerprint density at radius 1 is 1.10 bits per heavy atom. The maximum absolute atomic E-state index is 12.9. The standard InChI is InChI=1S/C23H26N4O2S/c1-17(28)22-15-21(25-27(22)20-8-3-2-4-9-20)23(29)24-19-7-5-6-18(14-19)16-26-10-12-30-13-11-26/h2-9,14,22H,10-13,15-16H2,1H3,(H,24,29). The zero-order valence-electron chi connectivity index (χ0n) is 17.1. The molecule has 2 heterocycles. The number of rotatable bonds is 6. The highest BCUT2D eigenvalue weighted by molar-refractivity contribution is 7.99. The molecule has 0 spiro atoms. The number of thioether (sulfide) groups is 1. The molecule has 0 aromatic heterocycles. The molecule has 6 nitrogen and oxygen atoms in total. The van der Waals surface area contributed by atoms with E-state index in [4.69, 9.17) is 0 Å². The number of hydrogen-bond acceptors (Lipinski definition) is 6. The van der Waals surface area contributed by atoms with E-state index in [0.717, 1.165) is 31.0 Å². The zero-order chi connectivity index (χ0) is 20.9. The van der Waals surface area contributed by atoms with Gasteiger partial charge in [0.1, 0.15) is 11.8 Å². The third-order valence-electron chi connectivity index (χ3n) is 5.36. The lowest BCUT2D eigenvalue weighted by atomic mass is 10.1. The lowest BCUT2D eigenvalue weighted by Crippen LogP contribution is -2.33. The van der Waals surface area contributed by atoms with E-state index >= 15 is 0 Å². The minimum absolute atomic E-state index is 0.00732. The molecule has 2 aliphatic heterocycles. The molecular weight excluding hydrogens is 396 g/mol. The number of hydrazone groups is 1. The molecule has 1 atom stereocenters. The van der Waals surface area contributed by atoms with Crippen molar-refractivity contribution >= 4 is 40.5 Å². The van der Waals surface area contributed by atoms with Gasteiger partial charge in [0.2, 0.25) is 0 Å². The van der Waals surface area contributed by atoms with E-state index in [2.05, 4.69) is 21.4 Å². The van der Waals surface area contributed by atoms with Crippen LogP contribution in [0.15, 0.2) is 59.7 Å². The lowest BCUT2D eigenvalue weighted by Gasteiger charge is -2.26. The van der Waals surface area contributed by atoms with E-state index in [1.165, 1.54) is 17.1 Å². The van der Waals surface area contributed by atoms with Gasteiger partial charge < -0.3 is 5.32 Å². The van der Waals surface area contributed by atoms with Crippen LogP contribution in [0, 0.1) is 0 Å². The molecule has 1 N–H and O–H groups in total. The molecule has 0 saturated carbocycles. The number of amides is 1. The van der Waals surface area contributed by atoms with Gasteiger partial charge in [0, 0.05) is 43.2 Å². The highest BCUT2D eigenvalue weighted by atomic mass is 32.2. The summed E-state index contributed by atoms with van der Waals surface area (Å²) < 4.78 is 0. The Bertz CT molecular complexity index is 941. The second kappa shape index (κ2) is 9.45. The molecule has 2 aromatic rings. The summed E-state index contributed by atoms with van der Waals surface area (Å²) >= 11 is 2.00. The first-order valence-electron chi connectivity index (χ1n) is 10.2. The quantitative estimate of drug-likeness (QED) is 0.773. The third-order valence-corrected chi connectivity index (χ3v) is 6.30. The minimum atomic E-state index is -0.448. The number of benzene rings is 2. The molecule has 0 bridgehead atoms. The van der Waals surface area contributed by atoms with Crippen molar-refractivity contribution in [2.75, 3.05) is 34.9 Å². The van der Waals surface area contributed by atoms with Crippen molar-refractivity contribution in [3.05, 3.63) is 60.2 Å². The fraction of sp³-hybridized carbons (Fsp3) is 0.348. The number of para-hydroxylation sites is 1. The van der Waals surface area contributed by atoms with Gasteiger partial charge in [0.05, 0.1) is 5.69 Å². The van der Waals surface area contributed by atoms with Crippen molar-refractivity contribution in [3.63, 3.8) is 0 Å². The molecule has 1 fully saturated rings. The van der Waals surface area contributed by atoms with Crippen LogP contribution in [0.2, 0.25) is 0 Å². The molecule has 1 amide bonds. The van der Waals surface area contributed by atoms with Gasteiger partial charge >= 0.3 is 0 Å². The van der Waals surface area contributed by atoms with Crippen molar-refractivity contribution in [2.24, 2.45) is 5.10 Å². The topological polar surface area (TPSA) is 65.0 Å². The molecule has 4 rings (SSSR count). The van der Waals surface area contributed by atoms with E-state index < -0.39 is 6.04 Å². The van der Waals surface area contributed by atoms with E-state index in [-0.39, 0.29) is 11.7 Å². The average Bonchev–Trinajstić information content (AvgIpc) is 3.22. The minimum Gasteiger partial charge on any atom is -0.321 e. The van der Waals surface area contributed by atoms with Gasteiger partial charge in [0.15, 0.2) is 5.78 Å². The monoisotopic (exact) mass is 422 g/mol. The van der Waals surface area contributed by atoms with Gasteiger partial charge in [-0.1, -0.05) is 30.3 Å². The molecule has 30 heavy (non-hydrogen) atoms. The molecule has 0 radical (unpaired) electrons. The second-order valence-electron chi connectivity index (χ2n) is 7.60. The summed E-state index contributed by atoms with van der Waals surface area (Å²) in [5, 5.41) is 9.10. The van der Waals surface area contributed by atoms with Crippen molar-refractivity contribution in [1.29, 1.82) is 0 Å². The molecule has 7 heteroatoms. The van der Waals surface area contributed by atoms with Crippen molar-refractivity contribution in [1.82, 2.24) is 4.90 Å². The van der Waals surface area contributed by atoms with Crippen molar-refractivity contribution < 1.29 is 9.59 Å². The average molecular weight is 423 g/mol.